The first kappa shape index (κ1) is 20.1. The Balaban J connectivity index is 0.000000399. The molecule has 1 aromatic rings. The van der Waals surface area contributed by atoms with Gasteiger partial charge in [0.15, 0.2) is 5.79 Å². The molecule has 3 unspecified atom stereocenters. The Bertz CT molecular complexity index is 544. The molecule has 0 aromatic heterocycles. The zero-order valence-electron chi connectivity index (χ0n) is 14.6. The first-order valence-electron chi connectivity index (χ1n) is 8.14. The Kier molecular flexibility index (Phi) is 7.62. The molecule has 1 aromatic carbocycles. The topological polar surface area (TPSA) is 89.4 Å². The number of aliphatic hydroxyl groups is 2. The van der Waals surface area contributed by atoms with Crippen LogP contribution in [0.25, 0.3) is 0 Å². The van der Waals surface area contributed by atoms with Gasteiger partial charge in [0.05, 0.1) is 19.3 Å². The summed E-state index contributed by atoms with van der Waals surface area (Å²) in [6, 6.07) is 7.85. The molecular weight excluding hydrogens is 345 g/mol. The summed E-state index contributed by atoms with van der Waals surface area (Å²) in [6.07, 6.45) is 3.71. The van der Waals surface area contributed by atoms with E-state index in [2.05, 4.69) is 11.9 Å². The molecule has 7 nitrogen and oxygen atoms in total. The monoisotopic (exact) mass is 371 g/mol. The maximum Gasteiger partial charge on any atom is 0.397 e. The van der Waals surface area contributed by atoms with Crippen LogP contribution in [0.1, 0.15) is 32.3 Å². The lowest BCUT2D eigenvalue weighted by atomic mass is 10.2. The number of benzene rings is 1. The van der Waals surface area contributed by atoms with E-state index in [0.29, 0.717) is 13.2 Å². The van der Waals surface area contributed by atoms with E-state index < -0.39 is 14.4 Å². The minimum absolute atomic E-state index is 0.0443. The second-order valence-electron chi connectivity index (χ2n) is 6.18. The smallest absolute Gasteiger partial charge is 0.397 e. The molecule has 0 bridgehead atoms. The lowest BCUT2D eigenvalue weighted by Crippen LogP contribution is -2.25. The minimum atomic E-state index is -1.50. The molecule has 3 N–H and O–H groups in total. The summed E-state index contributed by atoms with van der Waals surface area (Å²) in [5.74, 6) is -0.650. The molecule has 8 heteroatoms. The van der Waals surface area contributed by atoms with Gasteiger partial charge in [0.25, 0.3) is 0 Å². The molecule has 25 heavy (non-hydrogen) atoms. The highest BCUT2D eigenvalue weighted by atomic mass is 31.2. The van der Waals surface area contributed by atoms with Crippen LogP contribution in [0.2, 0.25) is 0 Å². The predicted octanol–water partition coefficient (Wildman–Crippen LogP) is 2.78. The summed E-state index contributed by atoms with van der Waals surface area (Å²) < 4.78 is 22.7. The highest BCUT2D eigenvalue weighted by Gasteiger charge is 2.28. The minimum Gasteiger partial charge on any atom is -0.426 e. The molecule has 0 radical (unpaired) electrons. The summed E-state index contributed by atoms with van der Waals surface area (Å²) in [5, 5.41) is 19.2. The van der Waals surface area contributed by atoms with Gasteiger partial charge in [-0.1, -0.05) is 24.8 Å². The van der Waals surface area contributed by atoms with Crippen LogP contribution in [0.4, 0.5) is 0 Å². The molecule has 3 atom stereocenters. The number of ether oxygens (including phenoxy) is 1. The van der Waals surface area contributed by atoms with Crippen LogP contribution in [0.15, 0.2) is 37.0 Å². The molecule has 2 aliphatic heterocycles. The molecule has 0 spiro atoms. The standard InChI is InChI=1S/C14H18NO4P.C3H8O2/c1-2-15-14-8-7-12(18-14)10-17-20-16-9-11-5-3-4-6-13(11)19-20;1-3(2,4)5/h2-6,12,14-15H,1,7-10H2;4-5H,1-2H3. The van der Waals surface area contributed by atoms with Crippen molar-refractivity contribution < 1.29 is 28.5 Å². The Morgan fingerprint density at radius 2 is 2.08 bits per heavy atom. The predicted molar refractivity (Wildman–Crippen MR) is 94.5 cm³/mol. The number of hydrogen-bond acceptors (Lipinski definition) is 7. The Hall–Kier alpha value is -1.21. The van der Waals surface area contributed by atoms with Gasteiger partial charge in [-0.05, 0) is 39.0 Å². The zero-order chi connectivity index (χ0) is 18.3. The number of fused-ring (bicyclic) bond motifs is 1. The molecule has 0 saturated carbocycles. The van der Waals surface area contributed by atoms with Crippen molar-refractivity contribution in [3.63, 3.8) is 0 Å². The second kappa shape index (κ2) is 9.48. The van der Waals surface area contributed by atoms with Gasteiger partial charge in [-0.2, -0.15) is 0 Å². The molecule has 140 valence electrons. The summed E-state index contributed by atoms with van der Waals surface area (Å²) in [5.41, 5.74) is 1.06. The summed E-state index contributed by atoms with van der Waals surface area (Å²) in [4.78, 5) is 0. The Morgan fingerprint density at radius 3 is 2.80 bits per heavy atom. The van der Waals surface area contributed by atoms with Crippen molar-refractivity contribution in [1.82, 2.24) is 5.32 Å². The first-order chi connectivity index (χ1) is 11.8. The summed E-state index contributed by atoms with van der Waals surface area (Å²) >= 11 is 0. The van der Waals surface area contributed by atoms with E-state index in [4.69, 9.17) is 28.5 Å². The van der Waals surface area contributed by atoms with Gasteiger partial charge < -0.3 is 24.8 Å². The van der Waals surface area contributed by atoms with Crippen LogP contribution in [0.5, 0.6) is 5.75 Å². The van der Waals surface area contributed by atoms with E-state index in [-0.39, 0.29) is 12.3 Å². The van der Waals surface area contributed by atoms with Crippen molar-refractivity contribution in [2.75, 3.05) is 6.61 Å². The van der Waals surface area contributed by atoms with Gasteiger partial charge >= 0.3 is 8.60 Å². The third-order valence-corrected chi connectivity index (χ3v) is 4.29. The third-order valence-electron chi connectivity index (χ3n) is 3.25. The number of rotatable bonds is 5. The SMILES string of the molecule is C=CNC1CCC(COP2OCc3ccccc3O2)O1.CC(C)(O)O. The van der Waals surface area contributed by atoms with Crippen LogP contribution in [-0.2, 0) is 20.4 Å². The molecule has 2 aliphatic rings. The normalized spacial score (nSPS) is 25.2. The zero-order valence-corrected chi connectivity index (χ0v) is 15.4. The third kappa shape index (κ3) is 7.69. The molecule has 1 fully saturated rings. The van der Waals surface area contributed by atoms with E-state index in [1.54, 1.807) is 6.20 Å². The summed E-state index contributed by atoms with van der Waals surface area (Å²) in [7, 11) is -1.32. The first-order valence-corrected chi connectivity index (χ1v) is 9.23. The van der Waals surface area contributed by atoms with Gasteiger partial charge in [-0.25, -0.2) is 0 Å². The highest BCUT2D eigenvalue weighted by Crippen LogP contribution is 2.47. The van der Waals surface area contributed by atoms with E-state index in [0.717, 1.165) is 24.2 Å². The van der Waals surface area contributed by atoms with Crippen molar-refractivity contribution >= 4 is 8.60 Å². The van der Waals surface area contributed by atoms with Crippen molar-refractivity contribution in [3.05, 3.63) is 42.6 Å². The van der Waals surface area contributed by atoms with Crippen LogP contribution >= 0.6 is 8.60 Å². The van der Waals surface area contributed by atoms with Crippen LogP contribution in [0.3, 0.4) is 0 Å². The summed E-state index contributed by atoms with van der Waals surface area (Å²) in [6.45, 7) is 7.25. The largest absolute Gasteiger partial charge is 0.426 e. The molecule has 0 amide bonds. The Morgan fingerprint density at radius 1 is 1.36 bits per heavy atom. The van der Waals surface area contributed by atoms with Crippen molar-refractivity contribution in [3.8, 4) is 5.75 Å². The quantitative estimate of drug-likeness (QED) is 0.542. The van der Waals surface area contributed by atoms with Gasteiger partial charge in [-0.15, -0.1) is 0 Å². The Labute approximate surface area is 149 Å². The average Bonchev–Trinajstić information content (AvgIpc) is 2.99. The fourth-order valence-corrected chi connectivity index (χ4v) is 3.28. The highest BCUT2D eigenvalue weighted by molar-refractivity contribution is 7.42. The van der Waals surface area contributed by atoms with Gasteiger partial charge in [0, 0.05) is 5.56 Å². The maximum atomic E-state index is 8.08. The average molecular weight is 371 g/mol. The second-order valence-corrected chi connectivity index (χ2v) is 7.33. The fraction of sp³-hybridized carbons (Fsp3) is 0.529. The van der Waals surface area contributed by atoms with E-state index >= 15 is 0 Å². The van der Waals surface area contributed by atoms with Crippen molar-refractivity contribution in [1.29, 1.82) is 0 Å². The van der Waals surface area contributed by atoms with Crippen molar-refractivity contribution in [2.45, 2.75) is 51.4 Å². The maximum absolute atomic E-state index is 8.08. The molecule has 3 rings (SSSR count). The molecule has 2 heterocycles. The number of nitrogens with one attached hydrogen (secondary N) is 1. The number of para-hydroxylation sites is 1. The number of hydrogen-bond donors (Lipinski definition) is 3. The van der Waals surface area contributed by atoms with Gasteiger partial charge in [-0.3, -0.25) is 9.05 Å². The van der Waals surface area contributed by atoms with Crippen LogP contribution in [-0.4, -0.2) is 34.9 Å². The molecule has 1 saturated heterocycles. The fourth-order valence-electron chi connectivity index (χ4n) is 2.23. The van der Waals surface area contributed by atoms with E-state index in [9.17, 15) is 0 Å². The van der Waals surface area contributed by atoms with Crippen LogP contribution in [0, 0.1) is 0 Å². The molecule has 0 aliphatic carbocycles. The van der Waals surface area contributed by atoms with Gasteiger partial charge in [0.2, 0.25) is 0 Å². The van der Waals surface area contributed by atoms with Crippen molar-refractivity contribution in [2.24, 2.45) is 0 Å². The molecular formula is C17H26NO6P. The lowest BCUT2D eigenvalue weighted by Gasteiger charge is -2.24. The van der Waals surface area contributed by atoms with E-state index in [1.807, 2.05) is 24.3 Å². The van der Waals surface area contributed by atoms with Gasteiger partial charge in [0.1, 0.15) is 12.0 Å². The van der Waals surface area contributed by atoms with Crippen LogP contribution < -0.4 is 9.84 Å². The van der Waals surface area contributed by atoms with E-state index in [1.165, 1.54) is 13.8 Å². The lowest BCUT2D eigenvalue weighted by molar-refractivity contribution is -0.127.